The number of hydrogen-bond donors (Lipinski definition) is 0. The van der Waals surface area contributed by atoms with E-state index >= 15 is 0 Å². The number of nitriles is 1. The molecular formula is C14H14FN3O. The van der Waals surface area contributed by atoms with E-state index < -0.39 is 5.82 Å². The summed E-state index contributed by atoms with van der Waals surface area (Å²) in [5, 5.41) is 13.2. The lowest BCUT2D eigenvalue weighted by molar-refractivity contribution is 0.290. The molecule has 98 valence electrons. The SMILES string of the molecule is CCn1nc(C)cc1COc1cccc(F)c1C#N. The second kappa shape index (κ2) is 5.53. The number of rotatable bonds is 4. The Morgan fingerprint density at radius 3 is 2.95 bits per heavy atom. The first-order valence-electron chi connectivity index (χ1n) is 6.00. The molecule has 0 N–H and O–H groups in total. The Morgan fingerprint density at radius 2 is 2.26 bits per heavy atom. The van der Waals surface area contributed by atoms with E-state index in [4.69, 9.17) is 10.00 Å². The smallest absolute Gasteiger partial charge is 0.144 e. The van der Waals surface area contributed by atoms with Crippen LogP contribution in [0.3, 0.4) is 0 Å². The summed E-state index contributed by atoms with van der Waals surface area (Å²) >= 11 is 0. The Hall–Kier alpha value is -2.35. The van der Waals surface area contributed by atoms with Crippen LogP contribution in [0.2, 0.25) is 0 Å². The average molecular weight is 259 g/mol. The molecule has 1 aromatic heterocycles. The van der Waals surface area contributed by atoms with E-state index in [0.29, 0.717) is 0 Å². The lowest BCUT2D eigenvalue weighted by atomic mass is 10.2. The van der Waals surface area contributed by atoms with Gasteiger partial charge in [0.2, 0.25) is 0 Å². The van der Waals surface area contributed by atoms with Crippen molar-refractivity contribution in [1.29, 1.82) is 5.26 Å². The molecule has 1 heterocycles. The van der Waals surface area contributed by atoms with Gasteiger partial charge in [0, 0.05) is 6.54 Å². The highest BCUT2D eigenvalue weighted by Gasteiger charge is 2.10. The maximum Gasteiger partial charge on any atom is 0.144 e. The lowest BCUT2D eigenvalue weighted by Crippen LogP contribution is -2.07. The molecule has 0 aliphatic heterocycles. The van der Waals surface area contributed by atoms with Crippen molar-refractivity contribution >= 4 is 0 Å². The number of nitrogens with zero attached hydrogens (tertiary/aromatic N) is 3. The molecule has 0 radical (unpaired) electrons. The zero-order valence-corrected chi connectivity index (χ0v) is 10.9. The number of benzene rings is 1. The van der Waals surface area contributed by atoms with Crippen molar-refractivity contribution in [3.63, 3.8) is 0 Å². The summed E-state index contributed by atoms with van der Waals surface area (Å²) in [7, 11) is 0. The van der Waals surface area contributed by atoms with Crippen molar-refractivity contribution in [2.45, 2.75) is 27.0 Å². The van der Waals surface area contributed by atoms with E-state index in [0.717, 1.165) is 17.9 Å². The summed E-state index contributed by atoms with van der Waals surface area (Å²) in [5.41, 5.74) is 1.73. The molecule has 0 fully saturated rings. The molecule has 2 aromatic rings. The predicted octanol–water partition coefficient (Wildman–Crippen LogP) is 2.80. The number of aryl methyl sites for hydroxylation is 2. The van der Waals surface area contributed by atoms with Crippen LogP contribution in [-0.2, 0) is 13.2 Å². The van der Waals surface area contributed by atoms with E-state index in [1.54, 1.807) is 6.07 Å². The number of halogens is 1. The zero-order valence-electron chi connectivity index (χ0n) is 10.9. The molecule has 0 spiro atoms. The summed E-state index contributed by atoms with van der Waals surface area (Å²) in [6, 6.07) is 8.07. The number of aromatic nitrogens is 2. The van der Waals surface area contributed by atoms with Gasteiger partial charge in [-0.3, -0.25) is 4.68 Å². The summed E-state index contributed by atoms with van der Waals surface area (Å²) in [6.07, 6.45) is 0. The third-order valence-electron chi connectivity index (χ3n) is 2.75. The summed E-state index contributed by atoms with van der Waals surface area (Å²) in [6.45, 7) is 4.88. The van der Waals surface area contributed by atoms with E-state index in [9.17, 15) is 4.39 Å². The van der Waals surface area contributed by atoms with Gasteiger partial charge < -0.3 is 4.74 Å². The van der Waals surface area contributed by atoms with Crippen molar-refractivity contribution in [2.24, 2.45) is 0 Å². The lowest BCUT2D eigenvalue weighted by Gasteiger charge is -2.09. The van der Waals surface area contributed by atoms with E-state index in [2.05, 4.69) is 5.10 Å². The van der Waals surface area contributed by atoms with Gasteiger partial charge in [-0.1, -0.05) is 6.07 Å². The van der Waals surface area contributed by atoms with Crippen LogP contribution in [0.4, 0.5) is 4.39 Å². The van der Waals surface area contributed by atoms with Gasteiger partial charge in [-0.2, -0.15) is 10.4 Å². The standard InChI is InChI=1S/C14H14FN3O/c1-3-18-11(7-10(2)17-18)9-19-14-6-4-5-13(15)12(14)8-16/h4-7H,3,9H2,1-2H3. The Balaban J connectivity index is 2.19. The molecule has 0 bridgehead atoms. The molecule has 5 heteroatoms. The first-order valence-corrected chi connectivity index (χ1v) is 6.00. The van der Waals surface area contributed by atoms with Crippen LogP contribution < -0.4 is 4.74 Å². The van der Waals surface area contributed by atoms with Crippen molar-refractivity contribution in [3.8, 4) is 11.8 Å². The molecular weight excluding hydrogens is 245 g/mol. The topological polar surface area (TPSA) is 50.8 Å². The van der Waals surface area contributed by atoms with E-state index in [1.165, 1.54) is 12.1 Å². The van der Waals surface area contributed by atoms with Gasteiger partial charge in [0.05, 0.1) is 11.4 Å². The van der Waals surface area contributed by atoms with Crippen molar-refractivity contribution in [1.82, 2.24) is 9.78 Å². The molecule has 0 saturated carbocycles. The fourth-order valence-electron chi connectivity index (χ4n) is 1.87. The van der Waals surface area contributed by atoms with Gasteiger partial charge in [0.1, 0.15) is 29.8 Å². The van der Waals surface area contributed by atoms with Gasteiger partial charge in [0.25, 0.3) is 0 Å². The minimum atomic E-state index is -0.569. The largest absolute Gasteiger partial charge is 0.486 e. The maximum atomic E-state index is 13.4. The van der Waals surface area contributed by atoms with E-state index in [-0.39, 0.29) is 17.9 Å². The summed E-state index contributed by atoms with van der Waals surface area (Å²) in [4.78, 5) is 0. The fourth-order valence-corrected chi connectivity index (χ4v) is 1.87. The first-order chi connectivity index (χ1) is 9.15. The van der Waals surface area contributed by atoms with Crippen molar-refractivity contribution in [3.05, 3.63) is 47.0 Å². The quantitative estimate of drug-likeness (QED) is 0.848. The highest BCUT2D eigenvalue weighted by Crippen LogP contribution is 2.21. The minimum Gasteiger partial charge on any atom is -0.486 e. The van der Waals surface area contributed by atoms with Crippen molar-refractivity contribution < 1.29 is 9.13 Å². The average Bonchev–Trinajstić information content (AvgIpc) is 2.76. The second-order valence-electron chi connectivity index (χ2n) is 4.11. The fraction of sp³-hybridized carbons (Fsp3) is 0.286. The van der Waals surface area contributed by atoms with Crippen LogP contribution >= 0.6 is 0 Å². The van der Waals surface area contributed by atoms with Crippen LogP contribution in [0.15, 0.2) is 24.3 Å². The third kappa shape index (κ3) is 2.74. The van der Waals surface area contributed by atoms with Gasteiger partial charge in [0.15, 0.2) is 0 Å². The highest BCUT2D eigenvalue weighted by atomic mass is 19.1. The van der Waals surface area contributed by atoms with Crippen LogP contribution in [0.25, 0.3) is 0 Å². The number of ether oxygens (including phenoxy) is 1. The Bertz CT molecular complexity index is 628. The molecule has 1 aromatic carbocycles. The van der Waals surface area contributed by atoms with E-state index in [1.807, 2.05) is 30.7 Å². The van der Waals surface area contributed by atoms with Crippen LogP contribution in [0.1, 0.15) is 23.9 Å². The van der Waals surface area contributed by atoms with Gasteiger partial charge in [-0.25, -0.2) is 4.39 Å². The molecule has 0 aliphatic carbocycles. The molecule has 0 atom stereocenters. The minimum absolute atomic E-state index is 0.0678. The first kappa shape index (κ1) is 13.1. The molecule has 0 unspecified atom stereocenters. The molecule has 0 saturated heterocycles. The predicted molar refractivity (Wildman–Crippen MR) is 68.1 cm³/mol. The molecule has 2 rings (SSSR count). The Morgan fingerprint density at radius 1 is 1.47 bits per heavy atom. The molecule has 19 heavy (non-hydrogen) atoms. The third-order valence-corrected chi connectivity index (χ3v) is 2.75. The van der Waals surface area contributed by atoms with Crippen molar-refractivity contribution in [2.75, 3.05) is 0 Å². The Kier molecular flexibility index (Phi) is 3.81. The van der Waals surface area contributed by atoms with Crippen LogP contribution in [0.5, 0.6) is 5.75 Å². The molecule has 4 nitrogen and oxygen atoms in total. The molecule has 0 aliphatic rings. The summed E-state index contributed by atoms with van der Waals surface area (Å²) < 4.78 is 20.8. The van der Waals surface area contributed by atoms with Gasteiger partial charge in [-0.05, 0) is 32.0 Å². The number of hydrogen-bond acceptors (Lipinski definition) is 3. The van der Waals surface area contributed by atoms with Crippen LogP contribution in [-0.4, -0.2) is 9.78 Å². The van der Waals surface area contributed by atoms with Crippen LogP contribution in [0, 0.1) is 24.1 Å². The normalized spacial score (nSPS) is 10.2. The monoisotopic (exact) mass is 259 g/mol. The molecule has 0 amide bonds. The summed E-state index contributed by atoms with van der Waals surface area (Å²) in [5.74, 6) is -0.316. The maximum absolute atomic E-state index is 13.4. The zero-order chi connectivity index (χ0) is 13.8. The Labute approximate surface area is 111 Å². The van der Waals surface area contributed by atoms with Gasteiger partial charge in [-0.15, -0.1) is 0 Å². The second-order valence-corrected chi connectivity index (χ2v) is 4.11. The van der Waals surface area contributed by atoms with Gasteiger partial charge >= 0.3 is 0 Å². The highest BCUT2D eigenvalue weighted by molar-refractivity contribution is 5.43.